The molecule has 210 valence electrons. The third-order valence-corrected chi connectivity index (χ3v) is 7.94. The smallest absolute Gasteiger partial charge is 0.263 e. The second-order valence-electron chi connectivity index (χ2n) is 11.2. The van der Waals surface area contributed by atoms with Crippen molar-refractivity contribution >= 4 is 40.1 Å². The molecule has 4 aromatic rings. The molecule has 0 spiro atoms. The molecule has 1 saturated heterocycles. The minimum atomic E-state index is -0.297. The summed E-state index contributed by atoms with van der Waals surface area (Å²) in [5, 5.41) is 7.26. The summed E-state index contributed by atoms with van der Waals surface area (Å²) in [7, 11) is 1.89. The first-order valence-electron chi connectivity index (χ1n) is 14.1. The number of benzene rings is 1. The van der Waals surface area contributed by atoms with Gasteiger partial charge in [-0.05, 0) is 49.9 Å². The van der Waals surface area contributed by atoms with Gasteiger partial charge in [-0.25, -0.2) is 14.4 Å². The van der Waals surface area contributed by atoms with Crippen LogP contribution in [0.2, 0.25) is 0 Å². The van der Waals surface area contributed by atoms with E-state index in [9.17, 15) is 4.79 Å². The molecule has 2 fully saturated rings. The maximum atomic E-state index is 15.1. The molecular weight excluding hydrogens is 521 g/mol. The summed E-state index contributed by atoms with van der Waals surface area (Å²) in [5.41, 5.74) is 3.80. The fraction of sp³-hybridized carbons (Fsp3) is 0.367. The summed E-state index contributed by atoms with van der Waals surface area (Å²) in [6.07, 6.45) is 9.64. The Morgan fingerprint density at radius 1 is 1.20 bits per heavy atom. The van der Waals surface area contributed by atoms with Gasteiger partial charge in [0.2, 0.25) is 5.95 Å². The lowest BCUT2D eigenvalue weighted by Crippen LogP contribution is -2.49. The van der Waals surface area contributed by atoms with E-state index in [1.807, 2.05) is 42.2 Å². The molecule has 2 aliphatic heterocycles. The zero-order chi connectivity index (χ0) is 28.1. The second kappa shape index (κ2) is 10.2. The lowest BCUT2D eigenvalue weighted by Gasteiger charge is -2.33. The summed E-state index contributed by atoms with van der Waals surface area (Å²) in [5.74, 6) is 1.05. The van der Waals surface area contributed by atoms with Crippen LogP contribution in [0.25, 0.3) is 28.0 Å². The summed E-state index contributed by atoms with van der Waals surface area (Å²) < 4.78 is 18.7. The fourth-order valence-corrected chi connectivity index (χ4v) is 5.61. The lowest BCUT2D eigenvalue weighted by atomic mass is 10.2. The van der Waals surface area contributed by atoms with Crippen LogP contribution in [0.3, 0.4) is 0 Å². The first-order chi connectivity index (χ1) is 19.9. The van der Waals surface area contributed by atoms with E-state index in [0.29, 0.717) is 59.4 Å². The number of hydrogen-bond donors (Lipinski definition) is 2. The van der Waals surface area contributed by atoms with Crippen molar-refractivity contribution in [3.63, 3.8) is 0 Å². The number of pyridine rings is 1. The molecule has 5 heterocycles. The quantitative estimate of drug-likeness (QED) is 0.359. The molecule has 41 heavy (non-hydrogen) atoms. The monoisotopic (exact) mass is 553 g/mol. The third kappa shape index (κ3) is 5.01. The predicted octanol–water partition coefficient (Wildman–Crippen LogP) is 3.75. The number of aryl methyl sites for hydroxylation is 1. The number of halogens is 1. The normalized spacial score (nSPS) is 18.8. The van der Waals surface area contributed by atoms with E-state index in [4.69, 9.17) is 9.97 Å². The van der Waals surface area contributed by atoms with Crippen molar-refractivity contribution in [2.75, 3.05) is 36.4 Å². The number of allylic oxidation sites excluding steroid dienone is 1. The predicted molar refractivity (Wildman–Crippen MR) is 159 cm³/mol. The molecule has 1 aliphatic carbocycles. The Balaban J connectivity index is 1.22. The van der Waals surface area contributed by atoms with E-state index < -0.39 is 0 Å². The van der Waals surface area contributed by atoms with Crippen molar-refractivity contribution in [2.24, 2.45) is 18.0 Å². The van der Waals surface area contributed by atoms with E-state index >= 15 is 4.39 Å². The van der Waals surface area contributed by atoms with Gasteiger partial charge < -0.3 is 20.1 Å². The van der Waals surface area contributed by atoms with Crippen LogP contribution in [0.15, 0.2) is 52.5 Å². The number of hydrogen-bond acceptors (Lipinski definition) is 8. The third-order valence-electron chi connectivity index (χ3n) is 7.94. The highest BCUT2D eigenvalue weighted by Gasteiger charge is 2.26. The zero-order valence-electron chi connectivity index (χ0n) is 23.1. The molecule has 2 N–H and O–H groups in total. The van der Waals surface area contributed by atoms with Crippen LogP contribution < -0.4 is 21.1 Å². The Hall–Kier alpha value is -4.38. The van der Waals surface area contributed by atoms with Crippen LogP contribution >= 0.6 is 0 Å². The number of nitrogens with zero attached hydrogens (tertiary/aromatic N) is 7. The highest BCUT2D eigenvalue weighted by molar-refractivity contribution is 6.10. The number of anilines is 3. The van der Waals surface area contributed by atoms with Crippen LogP contribution in [-0.4, -0.2) is 62.5 Å². The molecule has 0 bridgehead atoms. The van der Waals surface area contributed by atoms with Gasteiger partial charge in [-0.1, -0.05) is 6.08 Å². The van der Waals surface area contributed by atoms with Crippen molar-refractivity contribution in [1.82, 2.24) is 29.4 Å². The zero-order valence-corrected chi connectivity index (χ0v) is 23.1. The van der Waals surface area contributed by atoms with Gasteiger partial charge in [0.25, 0.3) is 5.56 Å². The number of rotatable bonds is 7. The van der Waals surface area contributed by atoms with Gasteiger partial charge >= 0.3 is 0 Å². The number of nitrogens with one attached hydrogen (secondary N) is 2. The van der Waals surface area contributed by atoms with Crippen molar-refractivity contribution in [3.05, 3.63) is 64.6 Å². The molecular formula is C30H32FN9O. The topological polar surface area (TPSA) is 105 Å². The molecule has 1 aromatic carbocycles. The van der Waals surface area contributed by atoms with E-state index in [-0.39, 0.29) is 11.4 Å². The van der Waals surface area contributed by atoms with Gasteiger partial charge in [-0.2, -0.15) is 4.98 Å². The largest absolute Gasteiger partial charge is 0.366 e. The minimum Gasteiger partial charge on any atom is -0.366 e. The van der Waals surface area contributed by atoms with Crippen molar-refractivity contribution in [2.45, 2.75) is 32.4 Å². The molecule has 1 unspecified atom stereocenters. The molecule has 11 heteroatoms. The van der Waals surface area contributed by atoms with Crippen LogP contribution in [-0.2, 0) is 13.6 Å². The second-order valence-corrected chi connectivity index (χ2v) is 11.2. The Bertz CT molecular complexity index is 1770. The van der Waals surface area contributed by atoms with Crippen LogP contribution in [0.4, 0.5) is 21.7 Å². The van der Waals surface area contributed by atoms with Crippen molar-refractivity contribution in [3.8, 4) is 11.4 Å². The van der Waals surface area contributed by atoms with E-state index in [1.165, 1.54) is 6.07 Å². The molecule has 0 radical (unpaired) electrons. The Morgan fingerprint density at radius 2 is 2.07 bits per heavy atom. The number of aromatic nitrogens is 5. The molecule has 7 rings (SSSR count). The number of piperazine rings is 1. The maximum absolute atomic E-state index is 15.1. The first-order valence-corrected chi connectivity index (χ1v) is 14.1. The molecule has 3 aromatic heterocycles. The van der Waals surface area contributed by atoms with Gasteiger partial charge in [0.15, 0.2) is 0 Å². The lowest BCUT2D eigenvalue weighted by molar-refractivity contribution is 0.478. The summed E-state index contributed by atoms with van der Waals surface area (Å²) in [6.45, 7) is 5.66. The minimum absolute atomic E-state index is 0.135. The van der Waals surface area contributed by atoms with Gasteiger partial charge in [-0.3, -0.25) is 14.4 Å². The van der Waals surface area contributed by atoms with Gasteiger partial charge in [0.1, 0.15) is 17.3 Å². The van der Waals surface area contributed by atoms with Gasteiger partial charge in [0.05, 0.1) is 23.5 Å². The SMILES string of the molecule is CC1CN(c2ccc(Nc3ncc4cc(-c5nc(C6=CCN=C6)cn5C)c(=O)n(CC5CC5)c4n3)cc2F)CCN1. The van der Waals surface area contributed by atoms with E-state index in [1.54, 1.807) is 16.8 Å². The van der Waals surface area contributed by atoms with E-state index in [2.05, 4.69) is 32.4 Å². The van der Waals surface area contributed by atoms with Crippen LogP contribution in [0.5, 0.6) is 0 Å². The number of fused-ring (bicyclic) bond motifs is 1. The fourth-order valence-electron chi connectivity index (χ4n) is 5.61. The van der Waals surface area contributed by atoms with Crippen molar-refractivity contribution < 1.29 is 4.39 Å². The van der Waals surface area contributed by atoms with Crippen molar-refractivity contribution in [1.29, 1.82) is 0 Å². The Morgan fingerprint density at radius 3 is 2.83 bits per heavy atom. The van der Waals surface area contributed by atoms with Gasteiger partial charge in [-0.15, -0.1) is 0 Å². The molecule has 3 aliphatic rings. The average Bonchev–Trinajstić information content (AvgIpc) is 3.44. The average molecular weight is 554 g/mol. The summed E-state index contributed by atoms with van der Waals surface area (Å²) in [6, 6.07) is 7.22. The van der Waals surface area contributed by atoms with E-state index in [0.717, 1.165) is 49.1 Å². The first kappa shape index (κ1) is 25.6. The summed E-state index contributed by atoms with van der Waals surface area (Å²) in [4.78, 5) is 34.2. The highest BCUT2D eigenvalue weighted by Crippen LogP contribution is 2.32. The van der Waals surface area contributed by atoms with Crippen LogP contribution in [0.1, 0.15) is 25.5 Å². The van der Waals surface area contributed by atoms with Crippen LogP contribution in [0, 0.1) is 11.7 Å². The number of aliphatic imine (C=N–C) groups is 1. The Kier molecular flexibility index (Phi) is 6.38. The Labute approximate surface area is 236 Å². The maximum Gasteiger partial charge on any atom is 0.263 e. The van der Waals surface area contributed by atoms with Gasteiger partial charge in [0, 0.05) is 74.5 Å². The number of imidazole rings is 1. The molecule has 1 saturated carbocycles. The standard InChI is InChI=1S/C30H32FN9O/c1-18-15-39(10-9-33-18)26-6-5-22(12-24(26)31)35-30-34-14-21-11-23(29(41)40(27(21)37-30)16-19-3-4-19)28-36-25(17-38(28)2)20-7-8-32-13-20/h5-7,11-14,17-19,33H,3-4,8-10,15-16H2,1-2H3,(H,34,35,37). The molecule has 1 atom stereocenters. The molecule has 0 amide bonds. The highest BCUT2D eigenvalue weighted by atomic mass is 19.1. The molecule has 10 nitrogen and oxygen atoms in total. The summed E-state index contributed by atoms with van der Waals surface area (Å²) >= 11 is 0.